The summed E-state index contributed by atoms with van der Waals surface area (Å²) in [5.74, 6) is 0. The summed E-state index contributed by atoms with van der Waals surface area (Å²) in [6, 6.07) is 10.6. The van der Waals surface area contributed by atoms with Gasteiger partial charge in [-0.25, -0.2) is 0 Å². The number of β-amino-alcohol motifs (C(OH)–C–C–N with tert-alkyl or cyclic N) is 1. The normalized spacial score (nSPS) is 13.9. The monoisotopic (exact) mass is 279 g/mol. The van der Waals surface area contributed by atoms with Gasteiger partial charge < -0.3 is 15.5 Å². The van der Waals surface area contributed by atoms with Crippen molar-refractivity contribution in [2.24, 2.45) is 0 Å². The van der Waals surface area contributed by atoms with E-state index in [1.165, 1.54) is 15.0 Å². The Kier molecular flexibility index (Phi) is 4.58. The second kappa shape index (κ2) is 6.01. The van der Waals surface area contributed by atoms with Gasteiger partial charge in [-0.1, -0.05) is 18.2 Å². The topological polar surface area (TPSA) is 52.5 Å². The molecular weight excluding hydrogens is 258 g/mol. The third-order valence-corrected chi connectivity index (χ3v) is 4.24. The molecule has 0 spiro atoms. The highest BCUT2D eigenvalue weighted by molar-refractivity contribution is 7.19. The van der Waals surface area contributed by atoms with Crippen LogP contribution in [0.25, 0.3) is 10.1 Å². The zero-order valence-corrected chi connectivity index (χ0v) is 12.2. The van der Waals surface area contributed by atoms with Crippen molar-refractivity contribution in [3.8, 4) is 0 Å². The van der Waals surface area contributed by atoms with Gasteiger partial charge in [0.15, 0.2) is 0 Å². The molecule has 0 amide bonds. The van der Waals surface area contributed by atoms with Crippen LogP contribution in [0.4, 0.5) is 0 Å². The number of benzene rings is 1. The number of hydrogen-bond acceptors (Lipinski definition) is 4. The third kappa shape index (κ3) is 4.01. The summed E-state index contributed by atoms with van der Waals surface area (Å²) < 4.78 is 1.31. The van der Waals surface area contributed by atoms with Crippen LogP contribution in [-0.2, 0) is 6.42 Å². The smallest absolute Gasteiger partial charge is 0.0895 e. The van der Waals surface area contributed by atoms with Crippen molar-refractivity contribution in [1.82, 2.24) is 5.32 Å². The van der Waals surface area contributed by atoms with E-state index in [0.717, 1.165) is 6.42 Å². The first-order valence-electron chi connectivity index (χ1n) is 6.51. The molecule has 0 aliphatic rings. The van der Waals surface area contributed by atoms with Crippen LogP contribution in [0, 0.1) is 0 Å². The number of aliphatic hydroxyl groups is 2. The van der Waals surface area contributed by atoms with Gasteiger partial charge in [-0.15, -0.1) is 11.3 Å². The average Bonchev–Trinajstić information content (AvgIpc) is 2.77. The van der Waals surface area contributed by atoms with E-state index in [1.54, 1.807) is 0 Å². The Morgan fingerprint density at radius 2 is 2.05 bits per heavy atom. The molecule has 2 aromatic rings. The maximum atomic E-state index is 9.39. The van der Waals surface area contributed by atoms with Crippen molar-refractivity contribution in [3.63, 3.8) is 0 Å². The van der Waals surface area contributed by atoms with Crippen molar-refractivity contribution in [1.29, 1.82) is 0 Å². The molecule has 104 valence electrons. The summed E-state index contributed by atoms with van der Waals surface area (Å²) in [6.45, 7) is 4.43. The number of aliphatic hydroxyl groups excluding tert-OH is 2. The first-order chi connectivity index (χ1) is 9.00. The minimum absolute atomic E-state index is 0.100. The molecule has 0 saturated carbocycles. The molecular formula is C15H21NO2S. The molecule has 2 rings (SSSR count). The van der Waals surface area contributed by atoms with Gasteiger partial charge in [0, 0.05) is 21.7 Å². The van der Waals surface area contributed by atoms with Gasteiger partial charge in [-0.05, 0) is 37.8 Å². The van der Waals surface area contributed by atoms with Gasteiger partial charge in [0.05, 0.1) is 12.7 Å². The second-order valence-electron chi connectivity index (χ2n) is 5.53. The van der Waals surface area contributed by atoms with E-state index in [-0.39, 0.29) is 12.1 Å². The molecule has 3 N–H and O–H groups in total. The molecule has 19 heavy (non-hydrogen) atoms. The lowest BCUT2D eigenvalue weighted by Crippen LogP contribution is -2.45. The number of thiophene rings is 1. The summed E-state index contributed by atoms with van der Waals surface area (Å²) in [5, 5.41) is 22.8. The van der Waals surface area contributed by atoms with Crippen LogP contribution in [-0.4, -0.2) is 35.0 Å². The van der Waals surface area contributed by atoms with Gasteiger partial charge in [-0.2, -0.15) is 0 Å². The van der Waals surface area contributed by atoms with E-state index in [9.17, 15) is 5.11 Å². The Labute approximate surface area is 117 Å². The van der Waals surface area contributed by atoms with E-state index >= 15 is 0 Å². The Bertz CT molecular complexity index is 503. The highest BCUT2D eigenvalue weighted by Crippen LogP contribution is 2.28. The van der Waals surface area contributed by atoms with E-state index in [0.29, 0.717) is 6.54 Å². The molecule has 4 heteroatoms. The molecule has 1 aromatic heterocycles. The van der Waals surface area contributed by atoms with E-state index < -0.39 is 6.10 Å². The largest absolute Gasteiger partial charge is 0.394 e. The van der Waals surface area contributed by atoms with Crippen LogP contribution in [0.15, 0.2) is 30.3 Å². The van der Waals surface area contributed by atoms with Gasteiger partial charge in [0.1, 0.15) is 0 Å². The SMILES string of the molecule is CC(C)(Cc1cc2ccccc2s1)NC[C@@H](O)CO. The highest BCUT2D eigenvalue weighted by Gasteiger charge is 2.20. The maximum absolute atomic E-state index is 9.39. The number of fused-ring (bicyclic) bond motifs is 1. The van der Waals surface area contributed by atoms with Crippen LogP contribution in [0.1, 0.15) is 18.7 Å². The molecule has 0 bridgehead atoms. The lowest BCUT2D eigenvalue weighted by atomic mass is 9.99. The Morgan fingerprint density at radius 3 is 2.74 bits per heavy atom. The maximum Gasteiger partial charge on any atom is 0.0895 e. The summed E-state index contributed by atoms with van der Waals surface area (Å²) in [7, 11) is 0. The summed E-state index contributed by atoms with van der Waals surface area (Å²) in [6.07, 6.45) is 0.214. The molecule has 0 fully saturated rings. The Morgan fingerprint density at radius 1 is 1.32 bits per heavy atom. The Hall–Kier alpha value is -0.940. The average molecular weight is 279 g/mol. The highest BCUT2D eigenvalue weighted by atomic mass is 32.1. The van der Waals surface area contributed by atoms with E-state index in [2.05, 4.69) is 49.5 Å². The lowest BCUT2D eigenvalue weighted by Gasteiger charge is -2.27. The van der Waals surface area contributed by atoms with E-state index in [1.807, 2.05) is 11.3 Å². The Balaban J connectivity index is 2.02. The van der Waals surface area contributed by atoms with Gasteiger partial charge in [0.25, 0.3) is 0 Å². The van der Waals surface area contributed by atoms with Crippen LogP contribution < -0.4 is 5.32 Å². The molecule has 0 aliphatic heterocycles. The van der Waals surface area contributed by atoms with E-state index in [4.69, 9.17) is 5.11 Å². The molecule has 3 nitrogen and oxygen atoms in total. The first kappa shape index (κ1) is 14.5. The molecule has 1 aromatic carbocycles. The zero-order chi connectivity index (χ0) is 13.9. The summed E-state index contributed by atoms with van der Waals surface area (Å²) >= 11 is 1.81. The molecule has 0 unspecified atom stereocenters. The standard InChI is InChI=1S/C15H21NO2S/c1-15(2,16-9-12(18)10-17)8-13-7-11-5-3-4-6-14(11)19-13/h3-7,12,16-18H,8-10H2,1-2H3/t12-/m1/s1. The summed E-state index contributed by atoms with van der Waals surface area (Å²) in [4.78, 5) is 1.33. The number of hydrogen-bond donors (Lipinski definition) is 3. The van der Waals surface area contributed by atoms with Crippen LogP contribution in [0.5, 0.6) is 0 Å². The van der Waals surface area contributed by atoms with Crippen molar-refractivity contribution in [2.45, 2.75) is 31.9 Å². The van der Waals surface area contributed by atoms with Crippen molar-refractivity contribution >= 4 is 21.4 Å². The molecule has 1 atom stereocenters. The number of nitrogens with one attached hydrogen (secondary N) is 1. The quantitative estimate of drug-likeness (QED) is 0.759. The van der Waals surface area contributed by atoms with Crippen molar-refractivity contribution in [3.05, 3.63) is 35.2 Å². The molecule has 1 heterocycles. The van der Waals surface area contributed by atoms with Crippen molar-refractivity contribution < 1.29 is 10.2 Å². The van der Waals surface area contributed by atoms with Crippen LogP contribution >= 0.6 is 11.3 Å². The third-order valence-electron chi connectivity index (χ3n) is 3.12. The molecule has 0 saturated heterocycles. The predicted molar refractivity (Wildman–Crippen MR) is 80.7 cm³/mol. The minimum Gasteiger partial charge on any atom is -0.394 e. The number of rotatable bonds is 6. The summed E-state index contributed by atoms with van der Waals surface area (Å²) in [5.41, 5.74) is -0.100. The van der Waals surface area contributed by atoms with Crippen LogP contribution in [0.2, 0.25) is 0 Å². The lowest BCUT2D eigenvalue weighted by molar-refractivity contribution is 0.0878. The van der Waals surface area contributed by atoms with Gasteiger partial charge in [0.2, 0.25) is 0 Å². The van der Waals surface area contributed by atoms with Gasteiger partial charge >= 0.3 is 0 Å². The first-order valence-corrected chi connectivity index (χ1v) is 7.33. The minimum atomic E-state index is -0.693. The molecule has 0 radical (unpaired) electrons. The fourth-order valence-electron chi connectivity index (χ4n) is 2.08. The second-order valence-corrected chi connectivity index (χ2v) is 6.70. The predicted octanol–water partition coefficient (Wildman–Crippen LogP) is 2.17. The zero-order valence-electron chi connectivity index (χ0n) is 11.4. The molecule has 0 aliphatic carbocycles. The fourth-order valence-corrected chi connectivity index (χ4v) is 3.37. The van der Waals surface area contributed by atoms with Crippen molar-refractivity contribution in [2.75, 3.05) is 13.2 Å². The fraction of sp³-hybridized carbons (Fsp3) is 0.467. The van der Waals surface area contributed by atoms with Crippen LogP contribution in [0.3, 0.4) is 0 Å². The van der Waals surface area contributed by atoms with Gasteiger partial charge in [-0.3, -0.25) is 0 Å².